The number of hydrogen-bond donors (Lipinski definition) is 4. The van der Waals surface area contributed by atoms with Crippen LogP contribution in [0.4, 0.5) is 4.79 Å². The second-order valence-corrected chi connectivity index (χ2v) is 11.9. The van der Waals surface area contributed by atoms with Crippen molar-refractivity contribution >= 4 is 23.8 Å². The quantitative estimate of drug-likeness (QED) is 0.404. The van der Waals surface area contributed by atoms with Crippen LogP contribution in [0.5, 0.6) is 5.75 Å². The zero-order chi connectivity index (χ0) is 31.2. The minimum atomic E-state index is -0.990. The molecule has 2 aromatic rings. The first-order valence-electron chi connectivity index (χ1n) is 15.3. The second-order valence-electron chi connectivity index (χ2n) is 11.9. The van der Waals surface area contributed by atoms with Gasteiger partial charge in [0.25, 0.3) is 5.91 Å². The van der Waals surface area contributed by atoms with Crippen LogP contribution in [0.3, 0.4) is 0 Å². The Balaban J connectivity index is 1.37. The maximum absolute atomic E-state index is 13.9. The van der Waals surface area contributed by atoms with E-state index in [1.807, 2.05) is 19.9 Å². The number of ether oxygens (including phenoxy) is 2. The predicted molar refractivity (Wildman–Crippen MR) is 162 cm³/mol. The lowest BCUT2D eigenvalue weighted by Crippen LogP contribution is -2.62. The minimum Gasteiger partial charge on any atom is -0.493 e. The summed E-state index contributed by atoms with van der Waals surface area (Å²) in [5.41, 5.74) is 1.52. The number of rotatable bonds is 5. The maximum Gasteiger partial charge on any atom is 0.335 e. The molecule has 3 aliphatic rings. The van der Waals surface area contributed by atoms with Crippen LogP contribution in [0, 0.1) is 0 Å². The number of carbonyl (C=O) groups is 4. The Morgan fingerprint density at radius 3 is 2.57 bits per heavy atom. The zero-order valence-electron chi connectivity index (χ0n) is 25.2. The first-order valence-corrected chi connectivity index (χ1v) is 15.3. The average molecular weight is 608 g/mol. The molecule has 0 aromatic heterocycles. The smallest absolute Gasteiger partial charge is 0.335 e. The number of hydrogen-bond acceptors (Lipinski definition) is 7. The molecule has 0 radical (unpaired) electrons. The minimum absolute atomic E-state index is 0.0242. The molecule has 44 heavy (non-hydrogen) atoms. The number of urea groups is 1. The summed E-state index contributed by atoms with van der Waals surface area (Å²) in [6, 6.07) is 12.3. The predicted octanol–water partition coefficient (Wildman–Crippen LogP) is 2.23. The Morgan fingerprint density at radius 2 is 1.82 bits per heavy atom. The lowest BCUT2D eigenvalue weighted by Gasteiger charge is -2.42. The van der Waals surface area contributed by atoms with Crippen LogP contribution in [-0.4, -0.2) is 102 Å². The lowest BCUT2D eigenvalue weighted by atomic mass is 9.96. The van der Waals surface area contributed by atoms with Crippen molar-refractivity contribution in [2.24, 2.45) is 0 Å². The summed E-state index contributed by atoms with van der Waals surface area (Å²) in [6.45, 7) is 5.94. The van der Waals surface area contributed by atoms with Gasteiger partial charge < -0.3 is 35.4 Å². The summed E-state index contributed by atoms with van der Waals surface area (Å²) in [4.78, 5) is 55.2. The average Bonchev–Trinajstić information content (AvgIpc) is 3.00. The number of piperazine rings is 1. The maximum atomic E-state index is 13.9. The molecule has 2 aromatic carbocycles. The molecule has 12 nitrogen and oxygen atoms in total. The summed E-state index contributed by atoms with van der Waals surface area (Å²) in [5.74, 6) is -1.11. The standard InChI is InChI=1S/C32H41N5O7/c1-20(2)34-32(42)35-25-12-11-23-13-16-43-27-6-4-3-5-24(27)30(39)37-15-14-36(18-21-7-9-22(10-8-21)31(40)41)19-26(37)29(38)33-17-28(25)44-23/h3-10,20,23,25-26,28H,11-19H2,1-2H3,(H,33,38)(H,40,41)(H2,34,35,42)/t23-,25+,26-,28+/m0/s1. The number of aromatic carboxylic acids is 1. The van der Waals surface area contributed by atoms with Crippen LogP contribution in [0.2, 0.25) is 0 Å². The summed E-state index contributed by atoms with van der Waals surface area (Å²) < 4.78 is 12.5. The lowest BCUT2D eigenvalue weighted by molar-refractivity contribution is -0.130. The molecule has 5 rings (SSSR count). The number of amides is 4. The summed E-state index contributed by atoms with van der Waals surface area (Å²) in [6.07, 6.45) is 1.44. The molecule has 3 heterocycles. The van der Waals surface area contributed by atoms with Crippen molar-refractivity contribution < 1.29 is 33.8 Å². The van der Waals surface area contributed by atoms with Gasteiger partial charge in [-0.2, -0.15) is 0 Å². The monoisotopic (exact) mass is 607 g/mol. The van der Waals surface area contributed by atoms with Gasteiger partial charge in [-0.3, -0.25) is 14.5 Å². The van der Waals surface area contributed by atoms with Crippen molar-refractivity contribution in [1.82, 2.24) is 25.8 Å². The number of benzene rings is 2. The van der Waals surface area contributed by atoms with Gasteiger partial charge in [-0.25, -0.2) is 9.59 Å². The first-order chi connectivity index (χ1) is 21.2. The number of carboxylic acids is 1. The van der Waals surface area contributed by atoms with Gasteiger partial charge in [-0.15, -0.1) is 0 Å². The fraction of sp³-hybridized carbons (Fsp3) is 0.500. The highest BCUT2D eigenvalue weighted by Gasteiger charge is 2.39. The number of para-hydroxylation sites is 1. The number of carboxylic acid groups (broad SMARTS) is 1. The van der Waals surface area contributed by atoms with Gasteiger partial charge in [0.05, 0.1) is 36.0 Å². The van der Waals surface area contributed by atoms with Gasteiger partial charge in [-0.1, -0.05) is 24.3 Å². The van der Waals surface area contributed by atoms with Crippen molar-refractivity contribution in [3.05, 3.63) is 65.2 Å². The van der Waals surface area contributed by atoms with Crippen molar-refractivity contribution in [3.8, 4) is 5.75 Å². The normalized spacial score (nSPS) is 24.7. The van der Waals surface area contributed by atoms with Gasteiger partial charge >= 0.3 is 12.0 Å². The van der Waals surface area contributed by atoms with Crippen LogP contribution in [0.15, 0.2) is 48.5 Å². The third-order valence-corrected chi connectivity index (χ3v) is 8.28. The van der Waals surface area contributed by atoms with Crippen LogP contribution in [-0.2, 0) is 16.1 Å². The van der Waals surface area contributed by atoms with Gasteiger partial charge in [0.15, 0.2) is 0 Å². The van der Waals surface area contributed by atoms with E-state index in [4.69, 9.17) is 9.47 Å². The first kappa shape index (κ1) is 31.3. The molecule has 4 amide bonds. The molecule has 12 heteroatoms. The number of fused-ring (bicyclic) bond motifs is 4. The Hall–Kier alpha value is -4.16. The van der Waals surface area contributed by atoms with Crippen LogP contribution < -0.4 is 20.7 Å². The van der Waals surface area contributed by atoms with E-state index in [9.17, 15) is 24.3 Å². The fourth-order valence-corrected chi connectivity index (χ4v) is 6.01. The summed E-state index contributed by atoms with van der Waals surface area (Å²) in [5, 5.41) is 18.1. The zero-order valence-corrected chi connectivity index (χ0v) is 25.2. The van der Waals surface area contributed by atoms with E-state index in [2.05, 4.69) is 20.9 Å². The third kappa shape index (κ3) is 7.67. The highest BCUT2D eigenvalue weighted by Crippen LogP contribution is 2.26. The van der Waals surface area contributed by atoms with E-state index in [1.165, 1.54) is 0 Å². The van der Waals surface area contributed by atoms with Crippen molar-refractivity contribution in [3.63, 3.8) is 0 Å². The molecular weight excluding hydrogens is 566 g/mol. The Kier molecular flexibility index (Phi) is 10.0. The third-order valence-electron chi connectivity index (χ3n) is 8.28. The second kappa shape index (κ2) is 14.1. The van der Waals surface area contributed by atoms with E-state index >= 15 is 0 Å². The Morgan fingerprint density at radius 1 is 1.05 bits per heavy atom. The molecule has 2 bridgehead atoms. The Bertz CT molecular complexity index is 1350. The topological polar surface area (TPSA) is 150 Å². The van der Waals surface area contributed by atoms with Crippen molar-refractivity contribution in [2.75, 3.05) is 32.8 Å². The van der Waals surface area contributed by atoms with E-state index in [0.717, 1.165) is 12.0 Å². The number of carbonyl (C=O) groups excluding carboxylic acids is 3. The van der Waals surface area contributed by atoms with E-state index < -0.39 is 18.1 Å². The van der Waals surface area contributed by atoms with Gasteiger partial charge in [0.2, 0.25) is 5.91 Å². The summed E-state index contributed by atoms with van der Waals surface area (Å²) in [7, 11) is 0. The molecule has 0 unspecified atom stereocenters. The van der Waals surface area contributed by atoms with Gasteiger partial charge in [0, 0.05) is 45.2 Å². The van der Waals surface area contributed by atoms with E-state index in [-0.39, 0.29) is 54.7 Å². The molecule has 0 saturated carbocycles. The van der Waals surface area contributed by atoms with Crippen molar-refractivity contribution in [2.45, 2.75) is 70.0 Å². The molecule has 4 N–H and O–H groups in total. The molecule has 3 aliphatic heterocycles. The van der Waals surface area contributed by atoms with E-state index in [1.54, 1.807) is 47.4 Å². The summed E-state index contributed by atoms with van der Waals surface area (Å²) >= 11 is 0. The highest BCUT2D eigenvalue weighted by atomic mass is 16.5. The van der Waals surface area contributed by atoms with E-state index in [0.29, 0.717) is 50.4 Å². The number of nitrogens with one attached hydrogen (secondary N) is 3. The SMILES string of the molecule is CC(C)NC(=O)N[C@@H]1CC[C@H]2CCOc3ccccc3C(=O)N3CCN(Cc4ccc(C(=O)O)cc4)C[C@H]3C(=O)NC[C@H]1O2. The molecule has 0 spiro atoms. The van der Waals surface area contributed by atoms with Crippen LogP contribution >= 0.6 is 0 Å². The van der Waals surface area contributed by atoms with Crippen molar-refractivity contribution in [1.29, 1.82) is 0 Å². The Labute approximate surface area is 257 Å². The van der Waals surface area contributed by atoms with Gasteiger partial charge in [-0.05, 0) is 56.5 Å². The molecule has 4 atom stereocenters. The molecule has 0 aliphatic carbocycles. The molecule has 236 valence electrons. The highest BCUT2D eigenvalue weighted by molar-refractivity contribution is 6.00. The number of nitrogens with zero attached hydrogens (tertiary/aromatic N) is 2. The van der Waals surface area contributed by atoms with Crippen LogP contribution in [0.25, 0.3) is 0 Å². The fourth-order valence-electron chi connectivity index (χ4n) is 6.01. The molecule has 2 fully saturated rings. The molecule has 2 saturated heterocycles. The van der Waals surface area contributed by atoms with Crippen LogP contribution in [0.1, 0.15) is 59.4 Å². The largest absolute Gasteiger partial charge is 0.493 e. The molecular formula is C32H41N5O7. The van der Waals surface area contributed by atoms with Gasteiger partial charge in [0.1, 0.15) is 11.8 Å².